The lowest BCUT2D eigenvalue weighted by atomic mass is 10.00. The first-order chi connectivity index (χ1) is 13.3. The van der Waals surface area contributed by atoms with Crippen LogP contribution in [0, 0.1) is 13.8 Å². The Kier molecular flexibility index (Phi) is 8.32. The maximum Gasteiger partial charge on any atom is 0.219 e. The molecule has 158 valence electrons. The highest BCUT2D eigenvalue weighted by molar-refractivity contribution is 5.73. The van der Waals surface area contributed by atoms with Crippen LogP contribution >= 0.6 is 0 Å². The van der Waals surface area contributed by atoms with E-state index in [9.17, 15) is 9.90 Å². The predicted molar refractivity (Wildman–Crippen MR) is 114 cm³/mol. The van der Waals surface area contributed by atoms with Crippen molar-refractivity contribution >= 4 is 5.91 Å². The average Bonchev–Trinajstić information content (AvgIpc) is 2.82. The number of carbonyl (C=O) groups excluding carboxylic acids is 1. The van der Waals surface area contributed by atoms with Crippen molar-refractivity contribution in [3.63, 3.8) is 0 Å². The minimum absolute atomic E-state index is 0.00832. The summed E-state index contributed by atoms with van der Waals surface area (Å²) in [6.45, 7) is 12.6. The second kappa shape index (κ2) is 10.3. The van der Waals surface area contributed by atoms with E-state index in [1.807, 2.05) is 18.2 Å². The molecule has 2 rings (SSSR count). The molecule has 0 unspecified atom stereocenters. The standard InChI is InChI=1S/C23H38N2O3/c1-6-8-21(9-7-2)25-13-12-24(20(5)26)15-23(27,16-25)17-28-22-11-10-18(3)19(4)14-22/h10-11,14,21,27H,6-9,12-13,15-17H2,1-5H3/t23-/m1/s1. The van der Waals surface area contributed by atoms with Crippen molar-refractivity contribution in [2.75, 3.05) is 32.8 Å². The lowest BCUT2D eigenvalue weighted by Gasteiger charge is -2.36. The van der Waals surface area contributed by atoms with Gasteiger partial charge in [-0.3, -0.25) is 9.69 Å². The summed E-state index contributed by atoms with van der Waals surface area (Å²) in [7, 11) is 0. The van der Waals surface area contributed by atoms with E-state index in [-0.39, 0.29) is 12.5 Å². The van der Waals surface area contributed by atoms with Gasteiger partial charge < -0.3 is 14.7 Å². The molecular weight excluding hydrogens is 352 g/mol. The molecule has 0 aromatic heterocycles. The second-order valence-electron chi connectivity index (χ2n) is 8.40. The Morgan fingerprint density at radius 3 is 2.39 bits per heavy atom. The first kappa shape index (κ1) is 22.7. The number of ether oxygens (including phenoxy) is 1. The summed E-state index contributed by atoms with van der Waals surface area (Å²) < 4.78 is 6.00. The maximum absolute atomic E-state index is 12.1. The van der Waals surface area contributed by atoms with E-state index in [1.54, 1.807) is 11.8 Å². The topological polar surface area (TPSA) is 53.0 Å². The fourth-order valence-corrected chi connectivity index (χ4v) is 4.06. The van der Waals surface area contributed by atoms with Crippen LogP contribution in [0.4, 0.5) is 0 Å². The van der Waals surface area contributed by atoms with Crippen molar-refractivity contribution in [3.05, 3.63) is 29.3 Å². The van der Waals surface area contributed by atoms with Gasteiger partial charge in [0, 0.05) is 32.6 Å². The Morgan fingerprint density at radius 1 is 1.14 bits per heavy atom. The molecule has 1 aromatic rings. The minimum Gasteiger partial charge on any atom is -0.490 e. The van der Waals surface area contributed by atoms with E-state index in [1.165, 1.54) is 11.1 Å². The second-order valence-corrected chi connectivity index (χ2v) is 8.40. The SMILES string of the molecule is CCCC(CCC)N1CCN(C(C)=O)C[C@](O)(COc2ccc(C)c(C)c2)C1. The lowest BCUT2D eigenvalue weighted by Crippen LogP contribution is -2.53. The highest BCUT2D eigenvalue weighted by atomic mass is 16.5. The van der Waals surface area contributed by atoms with Crippen LogP contribution in [0.3, 0.4) is 0 Å². The molecule has 5 nitrogen and oxygen atoms in total. The first-order valence-corrected chi connectivity index (χ1v) is 10.7. The Bertz CT molecular complexity index is 643. The Labute approximate surface area is 170 Å². The molecule has 0 spiro atoms. The first-order valence-electron chi connectivity index (χ1n) is 10.7. The number of amides is 1. The normalized spacial score (nSPS) is 21.0. The van der Waals surface area contributed by atoms with Crippen molar-refractivity contribution in [1.29, 1.82) is 0 Å². The third kappa shape index (κ3) is 6.21. The maximum atomic E-state index is 12.1. The number of hydrogen-bond acceptors (Lipinski definition) is 4. The summed E-state index contributed by atoms with van der Waals surface area (Å²) in [5, 5.41) is 11.5. The monoisotopic (exact) mass is 390 g/mol. The van der Waals surface area contributed by atoms with E-state index in [2.05, 4.69) is 32.6 Å². The summed E-state index contributed by atoms with van der Waals surface area (Å²) in [5.41, 5.74) is 1.31. The predicted octanol–water partition coefficient (Wildman–Crippen LogP) is 3.55. The summed E-state index contributed by atoms with van der Waals surface area (Å²) in [6.07, 6.45) is 4.47. The molecule has 5 heteroatoms. The van der Waals surface area contributed by atoms with Gasteiger partial charge in [-0.15, -0.1) is 0 Å². The van der Waals surface area contributed by atoms with Gasteiger partial charge in [0.1, 0.15) is 18.0 Å². The number of rotatable bonds is 8. The molecule has 1 N–H and O–H groups in total. The third-order valence-electron chi connectivity index (χ3n) is 5.83. The van der Waals surface area contributed by atoms with Gasteiger partial charge in [-0.05, 0) is 49.9 Å². The molecule has 0 radical (unpaired) electrons. The van der Waals surface area contributed by atoms with E-state index >= 15 is 0 Å². The largest absolute Gasteiger partial charge is 0.490 e. The van der Waals surface area contributed by atoms with Crippen molar-refractivity contribution < 1.29 is 14.6 Å². The average molecular weight is 391 g/mol. The van der Waals surface area contributed by atoms with Crippen LogP contribution in [0.1, 0.15) is 57.6 Å². The quantitative estimate of drug-likeness (QED) is 0.738. The Morgan fingerprint density at radius 2 is 1.82 bits per heavy atom. The van der Waals surface area contributed by atoms with Gasteiger partial charge in [0.2, 0.25) is 5.91 Å². The zero-order chi connectivity index (χ0) is 20.7. The van der Waals surface area contributed by atoms with E-state index < -0.39 is 5.60 Å². The highest BCUT2D eigenvalue weighted by Gasteiger charge is 2.38. The number of hydrogen-bond donors (Lipinski definition) is 1. The minimum atomic E-state index is -1.08. The number of aliphatic hydroxyl groups is 1. The molecule has 1 fully saturated rings. The van der Waals surface area contributed by atoms with E-state index in [4.69, 9.17) is 4.74 Å². The Hall–Kier alpha value is -1.59. The highest BCUT2D eigenvalue weighted by Crippen LogP contribution is 2.23. The molecule has 1 aliphatic rings. The summed E-state index contributed by atoms with van der Waals surface area (Å²) >= 11 is 0. The van der Waals surface area contributed by atoms with Gasteiger partial charge in [-0.1, -0.05) is 32.8 Å². The Balaban J connectivity index is 2.17. The summed E-state index contributed by atoms with van der Waals surface area (Å²) in [6, 6.07) is 6.43. The van der Waals surface area contributed by atoms with Gasteiger partial charge in [-0.2, -0.15) is 0 Å². The van der Waals surface area contributed by atoms with E-state index in [0.717, 1.165) is 38.0 Å². The van der Waals surface area contributed by atoms with Crippen molar-refractivity contribution in [2.45, 2.75) is 71.9 Å². The van der Waals surface area contributed by atoms with Crippen molar-refractivity contribution in [1.82, 2.24) is 9.80 Å². The van der Waals surface area contributed by atoms with Crippen LogP contribution in [-0.4, -0.2) is 65.2 Å². The molecule has 1 heterocycles. The molecule has 1 atom stereocenters. The number of nitrogens with zero attached hydrogens (tertiary/aromatic N) is 2. The fraction of sp³-hybridized carbons (Fsp3) is 0.696. The number of β-amino-alcohol motifs (C(OH)–C–C–N with tert-alkyl or cyclic N) is 1. The lowest BCUT2D eigenvalue weighted by molar-refractivity contribution is -0.132. The van der Waals surface area contributed by atoms with Crippen LogP contribution < -0.4 is 4.74 Å². The molecule has 28 heavy (non-hydrogen) atoms. The molecule has 0 saturated carbocycles. The van der Waals surface area contributed by atoms with Crippen LogP contribution in [0.5, 0.6) is 5.75 Å². The van der Waals surface area contributed by atoms with Gasteiger partial charge in [0.05, 0.1) is 6.54 Å². The van der Waals surface area contributed by atoms with Crippen molar-refractivity contribution in [3.8, 4) is 5.75 Å². The van der Waals surface area contributed by atoms with Gasteiger partial charge in [-0.25, -0.2) is 0 Å². The molecule has 1 aromatic carbocycles. The number of benzene rings is 1. The zero-order valence-electron chi connectivity index (χ0n) is 18.3. The molecule has 0 bridgehead atoms. The van der Waals surface area contributed by atoms with Gasteiger partial charge in [0.15, 0.2) is 0 Å². The summed E-state index contributed by atoms with van der Waals surface area (Å²) in [4.78, 5) is 16.2. The van der Waals surface area contributed by atoms with E-state index in [0.29, 0.717) is 25.7 Å². The van der Waals surface area contributed by atoms with Crippen LogP contribution in [0.15, 0.2) is 18.2 Å². The van der Waals surface area contributed by atoms with Crippen LogP contribution in [0.25, 0.3) is 0 Å². The molecule has 1 amide bonds. The number of aryl methyl sites for hydroxylation is 2. The number of carbonyl (C=O) groups is 1. The third-order valence-corrected chi connectivity index (χ3v) is 5.83. The van der Waals surface area contributed by atoms with Crippen LogP contribution in [-0.2, 0) is 4.79 Å². The smallest absolute Gasteiger partial charge is 0.219 e. The van der Waals surface area contributed by atoms with Crippen molar-refractivity contribution in [2.24, 2.45) is 0 Å². The fourth-order valence-electron chi connectivity index (χ4n) is 4.06. The molecule has 1 saturated heterocycles. The van der Waals surface area contributed by atoms with Gasteiger partial charge in [0.25, 0.3) is 0 Å². The van der Waals surface area contributed by atoms with Gasteiger partial charge >= 0.3 is 0 Å². The molecule has 0 aliphatic carbocycles. The van der Waals surface area contributed by atoms with Crippen LogP contribution in [0.2, 0.25) is 0 Å². The molecule has 1 aliphatic heterocycles. The molecular formula is C23H38N2O3. The summed E-state index contributed by atoms with van der Waals surface area (Å²) in [5.74, 6) is 0.773. The zero-order valence-corrected chi connectivity index (χ0v) is 18.3.